The maximum Gasteiger partial charge on any atom is 0.321 e. The normalized spacial score (nSPS) is 12.4. The molecule has 0 amide bonds. The van der Waals surface area contributed by atoms with Crippen LogP contribution in [0.25, 0.3) is 66.4 Å². The van der Waals surface area contributed by atoms with Crippen molar-refractivity contribution in [1.29, 1.82) is 0 Å². The quantitative estimate of drug-likeness (QED) is 0.0315. The topological polar surface area (TPSA) is 233 Å². The number of aromatic nitrogens is 4. The summed E-state index contributed by atoms with van der Waals surface area (Å²) in [7, 11) is 0. The summed E-state index contributed by atoms with van der Waals surface area (Å²) in [5, 5.41) is 52.7. The van der Waals surface area contributed by atoms with Crippen LogP contribution < -0.4 is 0 Å². The van der Waals surface area contributed by atoms with E-state index >= 15 is 0 Å². The van der Waals surface area contributed by atoms with Crippen LogP contribution in [0.4, 0.5) is 0 Å². The van der Waals surface area contributed by atoms with Gasteiger partial charge >= 0.3 is 35.8 Å². The van der Waals surface area contributed by atoms with Gasteiger partial charge in [-0.25, -0.2) is 0 Å². The third-order valence-corrected chi connectivity index (χ3v) is 19.7. The Kier molecular flexibility index (Phi) is 23.5. The average Bonchev–Trinajstić information content (AvgIpc) is 1.64. The van der Waals surface area contributed by atoms with Gasteiger partial charge in [0.05, 0.1) is 35.1 Å². The Bertz CT molecular complexity index is 5860. The Balaban J connectivity index is 0.000000130. The first kappa shape index (κ1) is 74.9. The van der Waals surface area contributed by atoms with Gasteiger partial charge in [0.1, 0.15) is 5.92 Å². The summed E-state index contributed by atoms with van der Waals surface area (Å²) in [4.78, 5) is 72.6. The number of carbonyl (C=O) groups is 6. The molecule has 16 heteroatoms. The number of esters is 1. The predicted octanol–water partition coefficient (Wildman–Crippen LogP) is 19.7. The van der Waals surface area contributed by atoms with Gasteiger partial charge in [-0.1, -0.05) is 267 Å². The largest absolute Gasteiger partial charge is 0.481 e. The van der Waals surface area contributed by atoms with Crippen LogP contribution in [-0.4, -0.2) is 86.2 Å². The zero-order chi connectivity index (χ0) is 77.3. The molecule has 0 fully saturated rings. The van der Waals surface area contributed by atoms with Crippen molar-refractivity contribution >= 4 is 79.4 Å². The number of benzene rings is 12. The number of fused-ring (bicyclic) bond motifs is 4. The van der Waals surface area contributed by atoms with E-state index in [9.17, 15) is 54.3 Å². The molecule has 5 N–H and O–H groups in total. The van der Waals surface area contributed by atoms with Crippen LogP contribution in [0.1, 0.15) is 81.5 Å². The number of hydrogen-bond donors (Lipinski definition) is 5. The summed E-state index contributed by atoms with van der Waals surface area (Å²) in [6.07, 6.45) is 7.89. The highest BCUT2D eigenvalue weighted by Crippen LogP contribution is 2.43. The van der Waals surface area contributed by atoms with E-state index in [1.807, 2.05) is 319 Å². The molecule has 0 aliphatic rings. The van der Waals surface area contributed by atoms with Gasteiger partial charge < -0.3 is 48.5 Å². The fourth-order valence-electron chi connectivity index (χ4n) is 14.8. The first-order valence-electron chi connectivity index (χ1n) is 36.3. The van der Waals surface area contributed by atoms with Crippen molar-refractivity contribution in [3.63, 3.8) is 0 Å². The van der Waals surface area contributed by atoms with E-state index in [0.717, 1.165) is 99.7 Å². The second kappa shape index (κ2) is 34.9. The number of hydrogen-bond acceptors (Lipinski definition) is 7. The Labute approximate surface area is 640 Å². The molecule has 0 aliphatic carbocycles. The number of rotatable bonds is 22. The monoisotopic (exact) mass is 1470 g/mol. The fourth-order valence-corrected chi connectivity index (χ4v) is 14.8. The van der Waals surface area contributed by atoms with Gasteiger partial charge in [0.15, 0.2) is 11.8 Å². The Morgan fingerprint density at radius 3 is 0.865 bits per heavy atom. The van der Waals surface area contributed by atoms with Crippen LogP contribution in [-0.2, 0) is 33.5 Å². The van der Waals surface area contributed by atoms with Gasteiger partial charge in [-0.05, 0) is 124 Å². The summed E-state index contributed by atoms with van der Waals surface area (Å²) in [6.45, 7) is 1.80. The number of ether oxygens (including phenoxy) is 1. The molecule has 550 valence electrons. The van der Waals surface area contributed by atoms with Gasteiger partial charge in [0.2, 0.25) is 0 Å². The van der Waals surface area contributed by atoms with Crippen molar-refractivity contribution in [2.45, 2.75) is 37.0 Å². The number of nitrogens with zero attached hydrogens (tertiary/aromatic N) is 4. The van der Waals surface area contributed by atoms with Gasteiger partial charge in [-0.3, -0.25) is 28.8 Å². The van der Waals surface area contributed by atoms with Gasteiger partial charge in [0, 0.05) is 86.8 Å². The van der Waals surface area contributed by atoms with Crippen LogP contribution in [0.15, 0.2) is 365 Å². The average molecular weight is 1470 g/mol. The lowest BCUT2D eigenvalue weighted by Gasteiger charge is -2.23. The first-order valence-corrected chi connectivity index (χ1v) is 36.3. The zero-order valence-corrected chi connectivity index (χ0v) is 60.4. The standard InChI is InChI=1S/C26H23NO4.C24H19NO4.C23H19NO2.C22H17NO2/c1-2-31-26(30)24(25(28)29)23(18-11-5-3-6-12-18)21-17-27(19-13-7-4-8-14-19)22-16-10-9-15-20(21)22;26-23(27)22(24(28)29)21(16-9-3-1-4-10-16)19-15-25(17-11-5-2-6-12-17)20-14-8-7-13-18(19)20;25-23(26)15-20(17-9-3-1-4-10-17)21-16-24(18-11-5-2-6-12-18)22-14-8-7-13-19(21)22;24-22(25)21(16-9-3-1-4-10-16)19-15-23(17-11-5-2-6-12-17)20-14-8-7-13-18(19)20/h3-17,23-24H,2H2,1H3,(H,28,29);1-15,21-22H,(H,26,27)(H,28,29);1-14,16,20H,15H2,(H,25,26);1-15,21H,(H,24,25). The Hall–Kier alpha value is -14.4. The minimum atomic E-state index is -1.60. The van der Waals surface area contributed by atoms with Crippen LogP contribution in [0.5, 0.6) is 0 Å². The van der Waals surface area contributed by atoms with E-state index in [-0.39, 0.29) is 18.9 Å². The minimum Gasteiger partial charge on any atom is -0.481 e. The molecule has 16 rings (SSSR count). The lowest BCUT2D eigenvalue weighted by Crippen LogP contribution is -2.32. The van der Waals surface area contributed by atoms with Crippen molar-refractivity contribution < 1.29 is 59.0 Å². The molecule has 0 aliphatic heterocycles. The Morgan fingerprint density at radius 1 is 0.288 bits per heavy atom. The molecule has 16 aromatic rings. The summed E-state index contributed by atoms with van der Waals surface area (Å²) in [5.41, 5.74) is 14.4. The molecule has 111 heavy (non-hydrogen) atoms. The minimum absolute atomic E-state index is 0.0623. The SMILES string of the molecule is CCOC(=O)C(C(=O)O)C(c1ccccc1)c1cn(-c2ccccc2)c2ccccc12.O=C(O)C(C(=O)O)C(c1ccccc1)c1cn(-c2ccccc2)c2ccccc12.O=C(O)C(c1ccccc1)c1cn(-c2ccccc2)c2ccccc12.O=C(O)CC(c1ccccc1)c1cn(-c2ccccc2)c2ccccc12. The Morgan fingerprint density at radius 2 is 0.550 bits per heavy atom. The molecular formula is C95H78N4O12. The lowest BCUT2D eigenvalue weighted by atomic mass is 9.80. The molecule has 5 atom stereocenters. The maximum atomic E-state index is 12.8. The predicted molar refractivity (Wildman–Crippen MR) is 433 cm³/mol. The second-order valence-electron chi connectivity index (χ2n) is 26.5. The van der Waals surface area contributed by atoms with Crippen molar-refractivity contribution in [2.24, 2.45) is 11.8 Å². The van der Waals surface area contributed by atoms with Gasteiger partial charge in [-0.2, -0.15) is 0 Å². The highest BCUT2D eigenvalue weighted by molar-refractivity contribution is 5.99. The summed E-state index contributed by atoms with van der Waals surface area (Å²) >= 11 is 0. The first-order chi connectivity index (χ1) is 54.2. The molecule has 16 nitrogen and oxygen atoms in total. The number of carbonyl (C=O) groups excluding carboxylic acids is 1. The number of para-hydroxylation sites is 8. The van der Waals surface area contributed by atoms with E-state index in [1.165, 1.54) is 0 Å². The molecule has 4 aromatic heterocycles. The maximum absolute atomic E-state index is 12.8. The third kappa shape index (κ3) is 16.6. The van der Waals surface area contributed by atoms with Crippen molar-refractivity contribution in [2.75, 3.05) is 6.61 Å². The molecule has 0 radical (unpaired) electrons. The van der Waals surface area contributed by atoms with Crippen molar-refractivity contribution in [1.82, 2.24) is 18.3 Å². The molecule has 4 heterocycles. The highest BCUT2D eigenvalue weighted by atomic mass is 16.5. The molecule has 0 spiro atoms. The van der Waals surface area contributed by atoms with E-state index in [2.05, 4.69) is 39.6 Å². The van der Waals surface area contributed by atoms with Crippen LogP contribution in [0.3, 0.4) is 0 Å². The fraction of sp³-hybridized carbons (Fsp3) is 0.0947. The van der Waals surface area contributed by atoms with E-state index < -0.39 is 65.4 Å². The van der Waals surface area contributed by atoms with Crippen LogP contribution >= 0.6 is 0 Å². The summed E-state index contributed by atoms with van der Waals surface area (Å²) in [5.74, 6) is -11.7. The van der Waals surface area contributed by atoms with Crippen LogP contribution in [0, 0.1) is 11.8 Å². The smallest absolute Gasteiger partial charge is 0.321 e. The van der Waals surface area contributed by atoms with E-state index in [0.29, 0.717) is 11.1 Å². The van der Waals surface area contributed by atoms with Gasteiger partial charge in [-0.15, -0.1) is 0 Å². The highest BCUT2D eigenvalue weighted by Gasteiger charge is 2.41. The summed E-state index contributed by atoms with van der Waals surface area (Å²) < 4.78 is 13.4. The third-order valence-electron chi connectivity index (χ3n) is 19.7. The molecule has 0 saturated heterocycles. The molecule has 0 bridgehead atoms. The van der Waals surface area contributed by atoms with Crippen LogP contribution in [0.2, 0.25) is 0 Å². The number of aliphatic carboxylic acids is 5. The zero-order valence-electron chi connectivity index (χ0n) is 60.4. The summed E-state index contributed by atoms with van der Waals surface area (Å²) in [6, 6.07) is 109. The number of carboxylic acid groups (broad SMARTS) is 5. The molecule has 12 aromatic carbocycles. The molecular weight excluding hydrogens is 1390 g/mol. The van der Waals surface area contributed by atoms with E-state index in [1.54, 1.807) is 31.2 Å². The molecule has 0 saturated carbocycles. The molecule has 5 unspecified atom stereocenters. The van der Waals surface area contributed by atoms with Crippen molar-refractivity contribution in [3.8, 4) is 22.7 Å². The second-order valence-corrected chi connectivity index (χ2v) is 26.5. The van der Waals surface area contributed by atoms with E-state index in [4.69, 9.17) is 4.74 Å². The lowest BCUT2D eigenvalue weighted by molar-refractivity contribution is -0.159. The number of carboxylic acids is 5. The van der Waals surface area contributed by atoms with Gasteiger partial charge in [0.25, 0.3) is 0 Å². The van der Waals surface area contributed by atoms with Crippen molar-refractivity contribution in [3.05, 3.63) is 409 Å².